The number of likely N-dealkylation sites (tertiary alicyclic amines) is 1. The maximum atomic E-state index is 13.0. The fourth-order valence-corrected chi connectivity index (χ4v) is 4.48. The summed E-state index contributed by atoms with van der Waals surface area (Å²) in [7, 11) is 1.70. The van der Waals surface area contributed by atoms with E-state index in [1.807, 2.05) is 52.8 Å². The summed E-state index contributed by atoms with van der Waals surface area (Å²) in [5.74, 6) is -0.749. The number of amides is 3. The first-order valence-corrected chi connectivity index (χ1v) is 12.7. The highest BCUT2D eigenvalue weighted by atomic mass is 16.6. The largest absolute Gasteiger partial charge is 0.444 e. The molecule has 198 valence electrons. The van der Waals surface area contributed by atoms with Gasteiger partial charge < -0.3 is 14.4 Å². The lowest BCUT2D eigenvalue weighted by Crippen LogP contribution is -2.55. The van der Waals surface area contributed by atoms with Gasteiger partial charge in [-0.3, -0.25) is 24.0 Å². The van der Waals surface area contributed by atoms with Gasteiger partial charge in [0.15, 0.2) is 0 Å². The Kier molecular flexibility index (Phi) is 8.60. The van der Waals surface area contributed by atoms with Crippen molar-refractivity contribution in [2.45, 2.75) is 78.0 Å². The molecule has 2 aliphatic heterocycles. The lowest BCUT2D eigenvalue weighted by atomic mass is 10.0. The third kappa shape index (κ3) is 5.98. The average Bonchev–Trinajstić information content (AvgIpc) is 3.03. The highest BCUT2D eigenvalue weighted by Gasteiger charge is 2.34. The zero-order valence-electron chi connectivity index (χ0n) is 22.1. The third-order valence-electron chi connectivity index (χ3n) is 6.15. The molecule has 36 heavy (non-hydrogen) atoms. The van der Waals surface area contributed by atoms with Crippen LogP contribution in [0.4, 0.5) is 4.79 Å². The molecule has 0 bridgehead atoms. The molecule has 1 atom stereocenters. The SMILES string of the molecule is CC.Cn1c(=O)n(C2CCC(=O)NC2=O)c2cccc(CCCOC3CN(C(=O)OC(C)(C)C)C3)c21. The normalized spacial score (nSPS) is 18.4. The first-order valence-electron chi connectivity index (χ1n) is 12.7. The number of carbonyl (C=O) groups excluding carboxylic acids is 3. The average molecular weight is 503 g/mol. The third-order valence-corrected chi connectivity index (χ3v) is 6.15. The number of nitrogens with one attached hydrogen (secondary N) is 1. The Labute approximate surface area is 211 Å². The molecule has 4 rings (SSSR count). The maximum absolute atomic E-state index is 13.0. The summed E-state index contributed by atoms with van der Waals surface area (Å²) in [6.07, 6.45) is 1.65. The number of ether oxygens (including phenoxy) is 2. The molecule has 10 nitrogen and oxygen atoms in total. The molecule has 1 unspecified atom stereocenters. The Bertz CT molecular complexity index is 1170. The molecule has 0 radical (unpaired) electrons. The van der Waals surface area contributed by atoms with Crippen molar-refractivity contribution in [2.75, 3.05) is 19.7 Å². The number of hydrogen-bond acceptors (Lipinski definition) is 6. The van der Waals surface area contributed by atoms with Crippen LogP contribution in [0.25, 0.3) is 11.0 Å². The molecule has 2 saturated heterocycles. The van der Waals surface area contributed by atoms with E-state index >= 15 is 0 Å². The molecule has 0 spiro atoms. The Hall–Kier alpha value is -3.14. The van der Waals surface area contributed by atoms with Gasteiger partial charge in [0, 0.05) is 20.1 Å². The fourth-order valence-electron chi connectivity index (χ4n) is 4.48. The number of para-hydroxylation sites is 1. The summed E-state index contributed by atoms with van der Waals surface area (Å²) < 4.78 is 14.3. The second-order valence-electron chi connectivity index (χ2n) is 9.95. The van der Waals surface area contributed by atoms with E-state index in [4.69, 9.17) is 9.47 Å². The maximum Gasteiger partial charge on any atom is 0.410 e. The number of rotatable bonds is 6. The Morgan fingerprint density at radius 1 is 1.14 bits per heavy atom. The minimum Gasteiger partial charge on any atom is -0.444 e. The zero-order chi connectivity index (χ0) is 26.6. The predicted molar refractivity (Wildman–Crippen MR) is 136 cm³/mol. The van der Waals surface area contributed by atoms with E-state index in [-0.39, 0.29) is 30.2 Å². The lowest BCUT2D eigenvalue weighted by Gasteiger charge is -2.39. The molecule has 3 amide bonds. The second kappa shape index (κ2) is 11.3. The number of aryl methyl sites for hydroxylation is 2. The first-order chi connectivity index (χ1) is 17.0. The molecule has 1 aromatic heterocycles. The van der Waals surface area contributed by atoms with Crippen LogP contribution in [0.3, 0.4) is 0 Å². The Morgan fingerprint density at radius 3 is 2.47 bits per heavy atom. The highest BCUT2D eigenvalue weighted by Crippen LogP contribution is 2.26. The molecule has 0 aliphatic carbocycles. The topological polar surface area (TPSA) is 112 Å². The van der Waals surface area contributed by atoms with E-state index in [9.17, 15) is 19.2 Å². The smallest absolute Gasteiger partial charge is 0.410 e. The summed E-state index contributed by atoms with van der Waals surface area (Å²) in [5.41, 5.74) is 1.69. The Morgan fingerprint density at radius 2 is 1.83 bits per heavy atom. The van der Waals surface area contributed by atoms with Gasteiger partial charge in [-0.05, 0) is 51.7 Å². The van der Waals surface area contributed by atoms with Gasteiger partial charge in [0.2, 0.25) is 11.8 Å². The van der Waals surface area contributed by atoms with Gasteiger partial charge in [-0.1, -0.05) is 26.0 Å². The number of fused-ring (bicyclic) bond motifs is 1. The number of imidazole rings is 1. The van der Waals surface area contributed by atoms with Crippen LogP contribution in [-0.2, 0) is 32.5 Å². The number of piperidine rings is 1. The number of carbonyl (C=O) groups is 3. The van der Waals surface area contributed by atoms with Crippen LogP contribution in [0.2, 0.25) is 0 Å². The second-order valence-corrected chi connectivity index (χ2v) is 9.95. The highest BCUT2D eigenvalue weighted by molar-refractivity contribution is 6.00. The molecule has 3 heterocycles. The van der Waals surface area contributed by atoms with Gasteiger partial charge in [-0.15, -0.1) is 0 Å². The van der Waals surface area contributed by atoms with Gasteiger partial charge in [0.25, 0.3) is 0 Å². The molecular formula is C26H38N4O6. The summed E-state index contributed by atoms with van der Waals surface area (Å²) in [6, 6.07) is 4.99. The summed E-state index contributed by atoms with van der Waals surface area (Å²) in [5, 5.41) is 2.33. The van der Waals surface area contributed by atoms with Crippen LogP contribution in [0, 0.1) is 0 Å². The molecule has 2 fully saturated rings. The van der Waals surface area contributed by atoms with Crippen molar-refractivity contribution >= 4 is 28.9 Å². The van der Waals surface area contributed by atoms with E-state index < -0.39 is 17.6 Å². The van der Waals surface area contributed by atoms with Gasteiger partial charge in [0.1, 0.15) is 11.6 Å². The lowest BCUT2D eigenvalue weighted by molar-refractivity contribution is -0.135. The molecule has 0 saturated carbocycles. The summed E-state index contributed by atoms with van der Waals surface area (Å²) in [6.45, 7) is 11.1. The predicted octanol–water partition coefficient (Wildman–Crippen LogP) is 2.91. The van der Waals surface area contributed by atoms with Crippen molar-refractivity contribution in [3.63, 3.8) is 0 Å². The van der Waals surface area contributed by atoms with E-state index in [1.165, 1.54) is 4.57 Å². The van der Waals surface area contributed by atoms with Gasteiger partial charge in [-0.25, -0.2) is 9.59 Å². The first kappa shape index (κ1) is 27.4. The van der Waals surface area contributed by atoms with Crippen LogP contribution in [0.1, 0.15) is 65.5 Å². The van der Waals surface area contributed by atoms with Crippen LogP contribution in [0.5, 0.6) is 0 Å². The number of hydrogen-bond donors (Lipinski definition) is 1. The fraction of sp³-hybridized carbons (Fsp3) is 0.615. The van der Waals surface area contributed by atoms with Gasteiger partial charge in [0.05, 0.1) is 30.2 Å². The van der Waals surface area contributed by atoms with Crippen molar-refractivity contribution in [2.24, 2.45) is 7.05 Å². The minimum absolute atomic E-state index is 0.00118. The van der Waals surface area contributed by atoms with E-state index in [0.29, 0.717) is 38.1 Å². The minimum atomic E-state index is -0.695. The van der Waals surface area contributed by atoms with Crippen molar-refractivity contribution in [1.29, 1.82) is 0 Å². The van der Waals surface area contributed by atoms with Gasteiger partial charge in [-0.2, -0.15) is 0 Å². The molecule has 1 aromatic carbocycles. The monoisotopic (exact) mass is 502 g/mol. The van der Waals surface area contributed by atoms with E-state index in [1.54, 1.807) is 16.5 Å². The quantitative estimate of drug-likeness (QED) is 0.480. The van der Waals surface area contributed by atoms with Crippen molar-refractivity contribution in [3.8, 4) is 0 Å². The number of nitrogens with zero attached hydrogens (tertiary/aromatic N) is 3. The summed E-state index contributed by atoms with van der Waals surface area (Å²) in [4.78, 5) is 50.6. The molecular weight excluding hydrogens is 464 g/mol. The Balaban J connectivity index is 0.00000176. The standard InChI is InChI=1S/C24H32N4O6.C2H6/c1-24(2,3)34-23(32)27-13-16(14-27)33-12-6-8-15-7-5-9-17-20(15)26(4)22(31)28(17)18-10-11-19(29)25-21(18)30;1-2/h5,7,9,16,18H,6,8,10-14H2,1-4H3,(H,25,29,30);1-2H3. The zero-order valence-corrected chi connectivity index (χ0v) is 22.1. The van der Waals surface area contributed by atoms with Crippen LogP contribution in [-0.4, -0.2) is 63.3 Å². The number of imide groups is 1. The summed E-state index contributed by atoms with van der Waals surface area (Å²) >= 11 is 0. The van der Waals surface area contributed by atoms with Crippen molar-refractivity contribution in [3.05, 3.63) is 34.2 Å². The van der Waals surface area contributed by atoms with E-state index in [2.05, 4.69) is 5.32 Å². The van der Waals surface area contributed by atoms with E-state index in [0.717, 1.165) is 17.5 Å². The van der Waals surface area contributed by atoms with Crippen LogP contribution < -0.4 is 11.0 Å². The molecule has 10 heteroatoms. The van der Waals surface area contributed by atoms with Crippen LogP contribution >= 0.6 is 0 Å². The van der Waals surface area contributed by atoms with Crippen molar-refractivity contribution < 1.29 is 23.9 Å². The van der Waals surface area contributed by atoms with Crippen molar-refractivity contribution in [1.82, 2.24) is 19.4 Å². The molecule has 2 aromatic rings. The molecule has 2 aliphatic rings. The molecule has 1 N–H and O–H groups in total. The van der Waals surface area contributed by atoms with Gasteiger partial charge >= 0.3 is 11.8 Å². The number of benzene rings is 1. The number of aromatic nitrogens is 2. The van der Waals surface area contributed by atoms with Crippen LogP contribution in [0.15, 0.2) is 23.0 Å².